The quantitative estimate of drug-likeness (QED) is 0.157. The normalized spacial score (nSPS) is 13.7. The van der Waals surface area contributed by atoms with Gasteiger partial charge in [-0.25, -0.2) is 0 Å². The Morgan fingerprint density at radius 1 is 0.750 bits per heavy atom. The monoisotopic (exact) mass is 340 g/mol. The van der Waals surface area contributed by atoms with Crippen molar-refractivity contribution in [3.8, 4) is 0 Å². The summed E-state index contributed by atoms with van der Waals surface area (Å²) in [5.74, 6) is -0.164. The van der Waals surface area contributed by atoms with E-state index < -0.39 is 5.79 Å². The molecule has 0 bridgehead atoms. The van der Waals surface area contributed by atoms with Crippen LogP contribution in [0.5, 0.6) is 0 Å². The van der Waals surface area contributed by atoms with Crippen LogP contribution in [0, 0.1) is 5.92 Å². The van der Waals surface area contributed by atoms with Gasteiger partial charge >= 0.3 is 0 Å². The number of unbranched alkanes of at least 4 members (excludes halogenated alkanes) is 10. The van der Waals surface area contributed by atoms with E-state index in [1.165, 1.54) is 70.6 Å². The van der Waals surface area contributed by atoms with Crippen molar-refractivity contribution in [2.75, 3.05) is 14.2 Å². The first-order valence-electron chi connectivity index (χ1n) is 10.4. The molecule has 0 amide bonds. The molecule has 0 saturated carbocycles. The first-order valence-corrected chi connectivity index (χ1v) is 10.4. The topological polar surface area (TPSA) is 18.5 Å². The predicted octanol–water partition coefficient (Wildman–Crippen LogP) is 7.28. The Hall–Kier alpha value is -0.340. The molecule has 24 heavy (non-hydrogen) atoms. The maximum absolute atomic E-state index is 5.78. The van der Waals surface area contributed by atoms with Crippen LogP contribution in [0.25, 0.3) is 0 Å². The third kappa shape index (κ3) is 10.5. The maximum Gasteiger partial charge on any atom is 0.189 e. The van der Waals surface area contributed by atoms with Crippen molar-refractivity contribution in [3.63, 3.8) is 0 Å². The molecule has 0 aliphatic rings. The average Bonchev–Trinajstić information content (AvgIpc) is 2.60. The van der Waals surface area contributed by atoms with E-state index in [1.807, 2.05) is 0 Å². The number of hydrogen-bond acceptors (Lipinski definition) is 2. The van der Waals surface area contributed by atoms with Crippen molar-refractivity contribution in [3.05, 3.63) is 12.2 Å². The molecule has 144 valence electrons. The second kappa shape index (κ2) is 16.1. The van der Waals surface area contributed by atoms with Gasteiger partial charge in [0.2, 0.25) is 0 Å². The Morgan fingerprint density at radius 3 is 1.79 bits per heavy atom. The van der Waals surface area contributed by atoms with Crippen LogP contribution in [0.4, 0.5) is 0 Å². The minimum absolute atomic E-state index is 0.384. The highest BCUT2D eigenvalue weighted by molar-refractivity contribution is 4.99. The van der Waals surface area contributed by atoms with Crippen LogP contribution in [0.1, 0.15) is 104 Å². The van der Waals surface area contributed by atoms with Gasteiger partial charge in [-0.05, 0) is 25.3 Å². The van der Waals surface area contributed by atoms with Crippen LogP contribution < -0.4 is 0 Å². The lowest BCUT2D eigenvalue weighted by Crippen LogP contribution is -2.38. The number of allylic oxidation sites excluding steroid dienone is 1. The van der Waals surface area contributed by atoms with Gasteiger partial charge in [-0.1, -0.05) is 91.1 Å². The van der Waals surface area contributed by atoms with E-state index in [-0.39, 0.29) is 0 Å². The summed E-state index contributed by atoms with van der Waals surface area (Å²) in [6, 6.07) is 0. The molecule has 0 spiro atoms. The number of rotatable bonds is 17. The Morgan fingerprint density at radius 2 is 1.25 bits per heavy atom. The van der Waals surface area contributed by atoms with Gasteiger partial charge in [0.15, 0.2) is 5.79 Å². The van der Waals surface area contributed by atoms with Crippen LogP contribution in [0.3, 0.4) is 0 Å². The predicted molar refractivity (Wildman–Crippen MR) is 106 cm³/mol. The highest BCUT2D eigenvalue weighted by Crippen LogP contribution is 2.29. The fourth-order valence-corrected chi connectivity index (χ4v) is 3.33. The summed E-state index contributed by atoms with van der Waals surface area (Å²) in [5.41, 5.74) is 0. The standard InChI is InChI=1S/C22H44O2/c1-6-8-10-12-14-16-18-20-22(23-4,24-5)21(3)19-17-15-13-11-9-7-2/h18,20-21H,6-17,19H2,1-5H3. The van der Waals surface area contributed by atoms with Crippen LogP contribution in [-0.4, -0.2) is 20.0 Å². The van der Waals surface area contributed by atoms with Crippen molar-refractivity contribution in [2.45, 2.75) is 110 Å². The molecular weight excluding hydrogens is 296 g/mol. The second-order valence-corrected chi connectivity index (χ2v) is 7.19. The van der Waals surface area contributed by atoms with Crippen LogP contribution in [0.2, 0.25) is 0 Å². The molecule has 0 saturated heterocycles. The zero-order chi connectivity index (χ0) is 18.1. The number of methoxy groups -OCH3 is 2. The van der Waals surface area contributed by atoms with E-state index >= 15 is 0 Å². The van der Waals surface area contributed by atoms with Gasteiger partial charge in [0.05, 0.1) is 0 Å². The smallest absolute Gasteiger partial charge is 0.189 e. The lowest BCUT2D eigenvalue weighted by atomic mass is 9.92. The Kier molecular flexibility index (Phi) is 15.9. The molecule has 2 heteroatoms. The van der Waals surface area contributed by atoms with Crippen molar-refractivity contribution in [2.24, 2.45) is 5.92 Å². The summed E-state index contributed by atoms with van der Waals surface area (Å²) in [4.78, 5) is 0. The molecule has 0 aromatic carbocycles. The van der Waals surface area contributed by atoms with E-state index in [2.05, 4.69) is 32.9 Å². The van der Waals surface area contributed by atoms with Gasteiger partial charge in [0.1, 0.15) is 0 Å². The summed E-state index contributed by atoms with van der Waals surface area (Å²) < 4.78 is 11.6. The largest absolute Gasteiger partial charge is 0.349 e. The molecule has 1 unspecified atom stereocenters. The Balaban J connectivity index is 4.16. The summed E-state index contributed by atoms with van der Waals surface area (Å²) in [6.45, 7) is 6.78. The fourth-order valence-electron chi connectivity index (χ4n) is 3.33. The fraction of sp³-hybridized carbons (Fsp3) is 0.909. The molecule has 0 aromatic rings. The molecule has 0 radical (unpaired) electrons. The summed E-state index contributed by atoms with van der Waals surface area (Å²) in [5, 5.41) is 0. The van der Waals surface area contributed by atoms with Gasteiger partial charge in [0, 0.05) is 20.1 Å². The number of ether oxygens (including phenoxy) is 2. The van der Waals surface area contributed by atoms with Gasteiger partial charge < -0.3 is 9.47 Å². The minimum Gasteiger partial charge on any atom is -0.349 e. The molecule has 0 heterocycles. The highest BCUT2D eigenvalue weighted by atomic mass is 16.7. The van der Waals surface area contributed by atoms with E-state index in [4.69, 9.17) is 9.47 Å². The highest BCUT2D eigenvalue weighted by Gasteiger charge is 2.33. The first-order chi connectivity index (χ1) is 11.7. The number of hydrogen-bond donors (Lipinski definition) is 0. The van der Waals surface area contributed by atoms with Crippen LogP contribution in [0.15, 0.2) is 12.2 Å². The van der Waals surface area contributed by atoms with E-state index in [0.29, 0.717) is 5.92 Å². The Labute approximate surface area is 152 Å². The summed E-state index contributed by atoms with van der Waals surface area (Å²) >= 11 is 0. The van der Waals surface area contributed by atoms with Crippen LogP contribution >= 0.6 is 0 Å². The molecule has 0 aliphatic heterocycles. The third-order valence-electron chi connectivity index (χ3n) is 5.14. The molecule has 0 rings (SSSR count). The van der Waals surface area contributed by atoms with E-state index in [0.717, 1.165) is 12.8 Å². The van der Waals surface area contributed by atoms with E-state index in [9.17, 15) is 0 Å². The zero-order valence-electron chi connectivity index (χ0n) is 17.2. The van der Waals surface area contributed by atoms with Crippen molar-refractivity contribution in [1.82, 2.24) is 0 Å². The lowest BCUT2D eigenvalue weighted by Gasteiger charge is -2.34. The maximum atomic E-state index is 5.78. The lowest BCUT2D eigenvalue weighted by molar-refractivity contribution is -0.202. The van der Waals surface area contributed by atoms with Crippen molar-refractivity contribution in [1.29, 1.82) is 0 Å². The zero-order valence-corrected chi connectivity index (χ0v) is 17.2. The molecule has 2 nitrogen and oxygen atoms in total. The summed E-state index contributed by atoms with van der Waals surface area (Å²) in [7, 11) is 3.54. The van der Waals surface area contributed by atoms with Gasteiger partial charge in [-0.2, -0.15) is 0 Å². The average molecular weight is 341 g/mol. The van der Waals surface area contributed by atoms with E-state index in [1.54, 1.807) is 14.2 Å². The molecule has 0 fully saturated rings. The second-order valence-electron chi connectivity index (χ2n) is 7.19. The third-order valence-corrected chi connectivity index (χ3v) is 5.14. The summed E-state index contributed by atoms with van der Waals surface area (Å²) in [6.07, 6.45) is 21.4. The van der Waals surface area contributed by atoms with Crippen LogP contribution in [-0.2, 0) is 9.47 Å². The molecule has 0 N–H and O–H groups in total. The van der Waals surface area contributed by atoms with Gasteiger partial charge in [0.25, 0.3) is 0 Å². The molecule has 1 atom stereocenters. The van der Waals surface area contributed by atoms with Crippen molar-refractivity contribution >= 4 is 0 Å². The molecular formula is C22H44O2. The Bertz CT molecular complexity index is 282. The van der Waals surface area contributed by atoms with Gasteiger partial charge in [-0.3, -0.25) is 0 Å². The minimum atomic E-state index is -0.549. The first kappa shape index (κ1) is 23.7. The van der Waals surface area contributed by atoms with Crippen molar-refractivity contribution < 1.29 is 9.47 Å². The van der Waals surface area contributed by atoms with Gasteiger partial charge in [-0.15, -0.1) is 0 Å². The molecule has 0 aromatic heterocycles. The SMILES string of the molecule is CCCCCCCC=CC(OC)(OC)C(C)CCCCCCCC. The molecule has 0 aliphatic carbocycles.